The molecule has 0 bridgehead atoms. The molecule has 0 saturated carbocycles. The summed E-state index contributed by atoms with van der Waals surface area (Å²) >= 11 is 0. The number of nitrogens with one attached hydrogen (secondary N) is 2. The Labute approximate surface area is 120 Å². The summed E-state index contributed by atoms with van der Waals surface area (Å²) < 4.78 is 7.05. The molecule has 114 valence electrons. The molecule has 6 heteroatoms. The number of methoxy groups -OCH3 is 1. The van der Waals surface area contributed by atoms with E-state index in [0.29, 0.717) is 19.5 Å². The quantitative estimate of drug-likeness (QED) is 0.701. The molecule has 1 atom stereocenters. The lowest BCUT2D eigenvalue weighted by Crippen LogP contribution is -2.33. The zero-order chi connectivity index (χ0) is 15.1. The third kappa shape index (κ3) is 4.52. The van der Waals surface area contributed by atoms with Gasteiger partial charge in [0.05, 0.1) is 18.4 Å². The van der Waals surface area contributed by atoms with Crippen LogP contribution in [0, 0.1) is 6.92 Å². The molecule has 1 amide bonds. The van der Waals surface area contributed by atoms with Crippen molar-refractivity contribution < 1.29 is 9.53 Å². The molecule has 0 aliphatic heterocycles. The van der Waals surface area contributed by atoms with E-state index in [1.54, 1.807) is 11.8 Å². The Hall–Kier alpha value is -1.56. The van der Waals surface area contributed by atoms with Gasteiger partial charge in [0.25, 0.3) is 0 Å². The van der Waals surface area contributed by atoms with E-state index >= 15 is 0 Å². The molecule has 1 unspecified atom stereocenters. The van der Waals surface area contributed by atoms with Gasteiger partial charge in [0.15, 0.2) is 0 Å². The number of aromatic nitrogens is 2. The summed E-state index contributed by atoms with van der Waals surface area (Å²) in [5.41, 5.74) is 1.98. The fourth-order valence-corrected chi connectivity index (χ4v) is 2.00. The first-order valence-corrected chi connectivity index (χ1v) is 7.06. The molecule has 0 aromatic carbocycles. The van der Waals surface area contributed by atoms with Crippen molar-refractivity contribution in [1.82, 2.24) is 20.4 Å². The van der Waals surface area contributed by atoms with E-state index in [1.165, 1.54) is 0 Å². The van der Waals surface area contributed by atoms with Crippen LogP contribution in [0.5, 0.6) is 5.88 Å². The minimum atomic E-state index is 0.0849. The van der Waals surface area contributed by atoms with Gasteiger partial charge in [-0.3, -0.25) is 4.79 Å². The molecule has 20 heavy (non-hydrogen) atoms. The van der Waals surface area contributed by atoms with Crippen molar-refractivity contribution in [3.05, 3.63) is 11.3 Å². The number of hydrogen-bond donors (Lipinski definition) is 2. The zero-order valence-corrected chi connectivity index (χ0v) is 13.1. The van der Waals surface area contributed by atoms with E-state index in [-0.39, 0.29) is 11.9 Å². The third-order valence-electron chi connectivity index (χ3n) is 3.33. The van der Waals surface area contributed by atoms with Crippen molar-refractivity contribution in [1.29, 1.82) is 0 Å². The summed E-state index contributed by atoms with van der Waals surface area (Å²) in [6, 6.07) is 0.239. The zero-order valence-electron chi connectivity index (χ0n) is 13.1. The number of aryl methyl sites for hydroxylation is 2. The first kappa shape index (κ1) is 16.5. The van der Waals surface area contributed by atoms with E-state index in [4.69, 9.17) is 4.74 Å². The average Bonchev–Trinajstić information content (AvgIpc) is 2.68. The fourth-order valence-electron chi connectivity index (χ4n) is 2.00. The van der Waals surface area contributed by atoms with E-state index in [0.717, 1.165) is 23.6 Å². The predicted molar refractivity (Wildman–Crippen MR) is 78.7 cm³/mol. The van der Waals surface area contributed by atoms with Crippen LogP contribution in [-0.4, -0.2) is 35.4 Å². The van der Waals surface area contributed by atoms with Crippen molar-refractivity contribution in [2.45, 2.75) is 46.2 Å². The third-order valence-corrected chi connectivity index (χ3v) is 3.33. The summed E-state index contributed by atoms with van der Waals surface area (Å²) in [7, 11) is 3.49. The number of nitrogens with zero attached hydrogens (tertiary/aromatic N) is 2. The monoisotopic (exact) mass is 282 g/mol. The first-order chi connectivity index (χ1) is 9.49. The van der Waals surface area contributed by atoms with Crippen molar-refractivity contribution in [3.63, 3.8) is 0 Å². The molecule has 1 aromatic rings. The van der Waals surface area contributed by atoms with Gasteiger partial charge in [-0.1, -0.05) is 6.92 Å². The molecule has 1 heterocycles. The van der Waals surface area contributed by atoms with Gasteiger partial charge in [-0.2, -0.15) is 5.10 Å². The number of amides is 1. The maximum Gasteiger partial charge on any atom is 0.221 e. The average molecular weight is 282 g/mol. The second kappa shape index (κ2) is 7.89. The number of carbonyl (C=O) groups excluding carboxylic acids is 1. The summed E-state index contributed by atoms with van der Waals surface area (Å²) in [6.45, 7) is 7.31. The van der Waals surface area contributed by atoms with Crippen LogP contribution in [0.3, 0.4) is 0 Å². The van der Waals surface area contributed by atoms with Gasteiger partial charge in [-0.25, -0.2) is 4.68 Å². The molecule has 6 nitrogen and oxygen atoms in total. The summed E-state index contributed by atoms with van der Waals surface area (Å²) in [5.74, 6) is 0.848. The smallest absolute Gasteiger partial charge is 0.221 e. The minimum absolute atomic E-state index is 0.0849. The minimum Gasteiger partial charge on any atom is -0.481 e. The van der Waals surface area contributed by atoms with Crippen LogP contribution in [0.15, 0.2) is 0 Å². The van der Waals surface area contributed by atoms with Crippen LogP contribution in [-0.2, 0) is 18.4 Å². The molecule has 2 N–H and O–H groups in total. The van der Waals surface area contributed by atoms with Gasteiger partial charge in [-0.15, -0.1) is 0 Å². The molecule has 0 saturated heterocycles. The second-order valence-electron chi connectivity index (χ2n) is 5.00. The van der Waals surface area contributed by atoms with Gasteiger partial charge in [0.2, 0.25) is 11.8 Å². The highest BCUT2D eigenvalue weighted by atomic mass is 16.5. The van der Waals surface area contributed by atoms with Crippen LogP contribution in [0.4, 0.5) is 0 Å². The largest absolute Gasteiger partial charge is 0.481 e. The molecule has 0 spiro atoms. The normalized spacial score (nSPS) is 12.2. The van der Waals surface area contributed by atoms with E-state index in [1.807, 2.05) is 20.9 Å². The van der Waals surface area contributed by atoms with Crippen molar-refractivity contribution >= 4 is 5.91 Å². The van der Waals surface area contributed by atoms with Gasteiger partial charge >= 0.3 is 0 Å². The maximum atomic E-state index is 11.6. The van der Waals surface area contributed by atoms with Crippen molar-refractivity contribution in [2.75, 3.05) is 13.7 Å². The highest BCUT2D eigenvalue weighted by Gasteiger charge is 2.13. The number of rotatable bonds is 8. The molecule has 0 radical (unpaired) electrons. The van der Waals surface area contributed by atoms with Gasteiger partial charge in [-0.05, 0) is 20.3 Å². The van der Waals surface area contributed by atoms with Gasteiger partial charge in [0, 0.05) is 32.6 Å². The van der Waals surface area contributed by atoms with Crippen LogP contribution in [0.1, 0.15) is 37.9 Å². The van der Waals surface area contributed by atoms with E-state index in [9.17, 15) is 4.79 Å². The van der Waals surface area contributed by atoms with Crippen LogP contribution >= 0.6 is 0 Å². The van der Waals surface area contributed by atoms with Crippen LogP contribution in [0.25, 0.3) is 0 Å². The van der Waals surface area contributed by atoms with Gasteiger partial charge < -0.3 is 15.4 Å². The molecular weight excluding hydrogens is 256 g/mol. The Morgan fingerprint density at radius 1 is 1.50 bits per heavy atom. The Kier molecular flexibility index (Phi) is 6.51. The highest BCUT2D eigenvalue weighted by Crippen LogP contribution is 2.20. The van der Waals surface area contributed by atoms with Gasteiger partial charge in [0.1, 0.15) is 0 Å². The predicted octanol–water partition coefficient (Wildman–Crippen LogP) is 1.13. The summed E-state index contributed by atoms with van der Waals surface area (Å²) in [4.78, 5) is 11.6. The molecule has 0 aliphatic rings. The molecule has 1 rings (SSSR count). The number of hydrogen-bond acceptors (Lipinski definition) is 4. The fraction of sp³-hybridized carbons (Fsp3) is 0.714. The standard InChI is InChI=1S/C14H26N4O2/c1-6-10(2)16-13(19)7-8-15-9-12-11(3)17-18(4)14(12)20-5/h10,15H,6-9H2,1-5H3,(H,16,19). The lowest BCUT2D eigenvalue weighted by atomic mass is 10.2. The Morgan fingerprint density at radius 3 is 2.80 bits per heavy atom. The van der Waals surface area contributed by atoms with E-state index in [2.05, 4.69) is 22.7 Å². The second-order valence-corrected chi connectivity index (χ2v) is 5.00. The first-order valence-electron chi connectivity index (χ1n) is 7.06. The molecular formula is C14H26N4O2. The van der Waals surface area contributed by atoms with Crippen LogP contribution in [0.2, 0.25) is 0 Å². The Bertz CT molecular complexity index is 443. The number of ether oxygens (including phenoxy) is 1. The highest BCUT2D eigenvalue weighted by molar-refractivity contribution is 5.76. The summed E-state index contributed by atoms with van der Waals surface area (Å²) in [6.07, 6.45) is 1.43. The molecule has 0 aliphatic carbocycles. The number of carbonyl (C=O) groups is 1. The van der Waals surface area contributed by atoms with Crippen molar-refractivity contribution in [2.24, 2.45) is 7.05 Å². The Morgan fingerprint density at radius 2 is 2.20 bits per heavy atom. The maximum absolute atomic E-state index is 11.6. The summed E-state index contributed by atoms with van der Waals surface area (Å²) in [5, 5.41) is 10.5. The topological polar surface area (TPSA) is 68.2 Å². The van der Waals surface area contributed by atoms with E-state index < -0.39 is 0 Å². The van der Waals surface area contributed by atoms with Crippen molar-refractivity contribution in [3.8, 4) is 5.88 Å². The Balaban J connectivity index is 2.36. The van der Waals surface area contributed by atoms with Crippen LogP contribution < -0.4 is 15.4 Å². The SMILES string of the molecule is CCC(C)NC(=O)CCNCc1c(C)nn(C)c1OC. The molecule has 0 fully saturated rings. The molecule has 1 aromatic heterocycles. The lowest BCUT2D eigenvalue weighted by Gasteiger charge is -2.11. The lowest BCUT2D eigenvalue weighted by molar-refractivity contribution is -0.121.